The molecule has 0 aliphatic heterocycles. The Labute approximate surface area is 127 Å². The van der Waals surface area contributed by atoms with Crippen LogP contribution in [0.1, 0.15) is 26.7 Å². The Hall–Kier alpha value is 2.60. The monoisotopic (exact) mass is 368 g/mol. The van der Waals surface area contributed by atoms with E-state index in [9.17, 15) is 0 Å². The molecule has 0 N–H and O–H groups in total. The minimum absolute atomic E-state index is 0. The standard InChI is InChI=1S/C4H9.C2H5.2Al.2BrH.2ClH/c1-3-4-2;1-2;;;;;;/h1,3-4H2,2H3;1H2,2H3;;;4*1H/q;;2*+2;;;;/p-4. The molecule has 0 aromatic carbocycles. The molecule has 72 valence electrons. The molecule has 0 aliphatic rings. The zero-order valence-electron chi connectivity index (χ0n) is 7.49. The van der Waals surface area contributed by atoms with Gasteiger partial charge in [-0.2, -0.15) is 0 Å². The summed E-state index contributed by atoms with van der Waals surface area (Å²) >= 11 is 5.28. The molecule has 0 aromatic heterocycles. The van der Waals surface area contributed by atoms with Crippen molar-refractivity contribution in [3.05, 3.63) is 0 Å². The molecule has 0 saturated heterocycles. The third kappa shape index (κ3) is 80.1. The summed E-state index contributed by atoms with van der Waals surface area (Å²) in [5.41, 5.74) is 0. The first-order valence-corrected chi connectivity index (χ1v) is 4.86. The summed E-state index contributed by atoms with van der Waals surface area (Å²) < 4.78 is 0. The van der Waals surface area contributed by atoms with E-state index in [-0.39, 0.29) is 58.8 Å². The molecule has 0 saturated carbocycles. The first-order chi connectivity index (χ1) is 3.83. The first-order valence-electron chi connectivity index (χ1n) is 3.23. The fraction of sp³-hybridized carbons (Fsp3) is 1.00. The van der Waals surface area contributed by atoms with Crippen LogP contribution in [0.3, 0.4) is 0 Å². The third-order valence-corrected chi connectivity index (χ3v) is 0.966. The molecule has 12 heavy (non-hydrogen) atoms. The second-order valence-corrected chi connectivity index (χ2v) is 2.94. The van der Waals surface area contributed by atoms with Gasteiger partial charge < -0.3 is 58.8 Å². The van der Waals surface area contributed by atoms with Gasteiger partial charge in [-0.1, -0.05) is 0 Å². The predicted octanol–water partition coefficient (Wildman–Crippen LogP) is -10.0. The zero-order valence-corrected chi connectivity index (χ0v) is 14.5. The van der Waals surface area contributed by atoms with E-state index in [2.05, 4.69) is 46.4 Å². The van der Waals surface area contributed by atoms with Crippen molar-refractivity contribution in [3.63, 3.8) is 0 Å². The summed E-state index contributed by atoms with van der Waals surface area (Å²) in [4.78, 5) is 0. The molecule has 0 heterocycles. The van der Waals surface area contributed by atoms with Crippen LogP contribution in [0.5, 0.6) is 0 Å². The van der Waals surface area contributed by atoms with E-state index in [1.54, 1.807) is 0 Å². The van der Waals surface area contributed by atoms with Crippen molar-refractivity contribution in [1.29, 1.82) is 0 Å². The van der Waals surface area contributed by atoms with Crippen molar-refractivity contribution in [2.75, 3.05) is 0 Å². The van der Waals surface area contributed by atoms with Crippen molar-refractivity contribution in [3.8, 4) is 0 Å². The molecule has 0 fully saturated rings. The molecule has 0 radical (unpaired) electrons. The molecule has 0 spiro atoms. The van der Waals surface area contributed by atoms with Crippen LogP contribution in [0.2, 0.25) is 10.6 Å². The van der Waals surface area contributed by atoms with Crippen molar-refractivity contribution in [2.24, 2.45) is 0 Å². The average Bonchev–Trinajstić information content (AvgIpc) is 1.71. The molecule has 0 nitrogen and oxygen atoms in total. The molecule has 0 bridgehead atoms. The summed E-state index contributed by atoms with van der Waals surface area (Å²) in [6.45, 7) is 4.29. The summed E-state index contributed by atoms with van der Waals surface area (Å²) in [7, 11) is 0. The van der Waals surface area contributed by atoms with Crippen LogP contribution in [0, 0.1) is 0 Å². The van der Waals surface area contributed by atoms with E-state index in [4.69, 9.17) is 0 Å². The van der Waals surface area contributed by atoms with Gasteiger partial charge in [0.2, 0.25) is 0 Å². The van der Waals surface area contributed by atoms with Gasteiger partial charge in [-0.3, -0.25) is 0 Å². The van der Waals surface area contributed by atoms with Gasteiger partial charge in [0.05, 0.1) is 0 Å². The van der Waals surface area contributed by atoms with Crippen LogP contribution < -0.4 is 58.8 Å². The largest absolute Gasteiger partial charge is 1.00 e. The molecular weight excluding hydrogens is 357 g/mol. The van der Waals surface area contributed by atoms with E-state index in [0.717, 1.165) is 0 Å². The third-order valence-electron chi connectivity index (χ3n) is 0.558. The Balaban J connectivity index is -0.0000000119. The normalized spacial score (nSPS) is 5.17. The Kier molecular flexibility index (Phi) is 151. The quantitative estimate of drug-likeness (QED) is 0.424. The van der Waals surface area contributed by atoms with Crippen LogP contribution >= 0.6 is 0 Å². The number of hydrogen-bond acceptors (Lipinski definition) is 0. The van der Waals surface area contributed by atoms with Crippen molar-refractivity contribution in [1.82, 2.24) is 0 Å². The summed E-state index contributed by atoms with van der Waals surface area (Å²) in [5.74, 6) is 0. The van der Waals surface area contributed by atoms with Gasteiger partial charge in [0.1, 0.15) is 0 Å². The number of unbranched alkanes of at least 4 members (excludes halogenated alkanes) is 1. The number of halogens is 4. The zero-order chi connectivity index (χ0) is 6.83. The van der Waals surface area contributed by atoms with Crippen molar-refractivity contribution < 1.29 is 58.8 Å². The molecule has 0 aromatic rings. The Morgan fingerprint density at radius 1 is 0.917 bits per heavy atom. The van der Waals surface area contributed by atoms with Gasteiger partial charge in [-0.05, 0) is 0 Å². The molecule has 0 amide bonds. The van der Waals surface area contributed by atoms with Crippen LogP contribution in [0.15, 0.2) is 0 Å². The van der Waals surface area contributed by atoms with Gasteiger partial charge in [-0.25, -0.2) is 0 Å². The molecule has 0 unspecified atom stereocenters. The number of hydrogen-bond donors (Lipinski definition) is 0. The van der Waals surface area contributed by atoms with Crippen LogP contribution in [-0.4, -0.2) is 32.6 Å². The SMILES string of the molecule is CCC[CH2][Al+2].C[CH2][Al+2].[Br-].[Br-].[Cl-].[Cl-]. The number of rotatable bonds is 2. The minimum atomic E-state index is 0. The second-order valence-electron chi connectivity index (χ2n) is 1.55. The molecule has 0 aliphatic carbocycles. The Bertz CT molecular complexity index is 35.5. The fourth-order valence-corrected chi connectivity index (χ4v) is 0.612. The van der Waals surface area contributed by atoms with E-state index >= 15 is 0 Å². The smallest absolute Gasteiger partial charge is 1.00 e. The van der Waals surface area contributed by atoms with Gasteiger partial charge >= 0.3 is 69.8 Å². The van der Waals surface area contributed by atoms with Gasteiger partial charge in [0.25, 0.3) is 0 Å². The van der Waals surface area contributed by atoms with Crippen molar-refractivity contribution >= 4 is 32.6 Å². The van der Waals surface area contributed by atoms with Gasteiger partial charge in [-0.15, -0.1) is 0 Å². The Morgan fingerprint density at radius 3 is 1.17 bits per heavy atom. The second kappa shape index (κ2) is 49.5. The molecule has 0 atom stereocenters. The van der Waals surface area contributed by atoms with E-state index in [0.29, 0.717) is 0 Å². The van der Waals surface area contributed by atoms with Crippen LogP contribution in [0.25, 0.3) is 0 Å². The van der Waals surface area contributed by atoms with Gasteiger partial charge in [0.15, 0.2) is 0 Å². The summed E-state index contributed by atoms with van der Waals surface area (Å²) in [6, 6.07) is 0. The topological polar surface area (TPSA) is 0 Å². The van der Waals surface area contributed by atoms with E-state index in [1.165, 1.54) is 23.4 Å². The minimum Gasteiger partial charge on any atom is -1.00 e. The van der Waals surface area contributed by atoms with E-state index < -0.39 is 0 Å². The maximum Gasteiger partial charge on any atom is -1.00 e. The molecular formula is C6H14Al2Br2Cl2. The Morgan fingerprint density at radius 2 is 1.17 bits per heavy atom. The van der Waals surface area contributed by atoms with Gasteiger partial charge in [0, 0.05) is 0 Å². The van der Waals surface area contributed by atoms with Crippen LogP contribution in [-0.2, 0) is 0 Å². The van der Waals surface area contributed by atoms with E-state index in [1.807, 2.05) is 0 Å². The summed E-state index contributed by atoms with van der Waals surface area (Å²) in [6.07, 6.45) is 2.67. The average molecular weight is 371 g/mol. The van der Waals surface area contributed by atoms with Crippen molar-refractivity contribution in [2.45, 2.75) is 37.3 Å². The fourth-order valence-electron chi connectivity index (χ4n) is 0.204. The first kappa shape index (κ1) is 36.5. The summed E-state index contributed by atoms with van der Waals surface area (Å²) in [5, 5.41) is 2.43. The maximum atomic E-state index is 2.70. The molecule has 6 heteroatoms. The molecule has 0 rings (SSSR count). The maximum absolute atomic E-state index is 2.70. The predicted molar refractivity (Wildman–Crippen MR) is 41.7 cm³/mol. The van der Waals surface area contributed by atoms with Crippen LogP contribution in [0.4, 0.5) is 0 Å².